The second-order valence-electron chi connectivity index (χ2n) is 4.31. The van der Waals surface area contributed by atoms with Crippen LogP contribution >= 0.6 is 23.1 Å². The van der Waals surface area contributed by atoms with E-state index in [1.54, 1.807) is 29.3 Å². The molecule has 0 amide bonds. The minimum Gasteiger partial charge on any atom is -0.460 e. The number of ether oxygens (including phenoxy) is 1. The van der Waals surface area contributed by atoms with Gasteiger partial charge in [0.25, 0.3) is 0 Å². The summed E-state index contributed by atoms with van der Waals surface area (Å²) in [6.07, 6.45) is 2.27. The molecule has 1 aromatic rings. The zero-order valence-electron chi connectivity index (χ0n) is 9.86. The van der Waals surface area contributed by atoms with Gasteiger partial charge in [-0.25, -0.2) is 4.98 Å². The molecule has 0 aliphatic heterocycles. The van der Waals surface area contributed by atoms with Gasteiger partial charge in [0.15, 0.2) is 0 Å². The predicted octanol–water partition coefficient (Wildman–Crippen LogP) is 3.11. The van der Waals surface area contributed by atoms with Gasteiger partial charge < -0.3 is 4.74 Å². The number of thiazole rings is 1. The molecule has 0 fully saturated rings. The van der Waals surface area contributed by atoms with Gasteiger partial charge in [-0.2, -0.15) is 11.8 Å². The molecular weight excluding hydrogens is 242 g/mol. The molecule has 16 heavy (non-hydrogen) atoms. The van der Waals surface area contributed by atoms with E-state index in [-0.39, 0.29) is 11.6 Å². The van der Waals surface area contributed by atoms with Crippen LogP contribution in [0.25, 0.3) is 0 Å². The number of carbonyl (C=O) groups is 1. The van der Waals surface area contributed by atoms with E-state index < -0.39 is 0 Å². The highest BCUT2D eigenvalue weighted by molar-refractivity contribution is 7.98. The van der Waals surface area contributed by atoms with Crippen molar-refractivity contribution in [1.82, 2.24) is 4.98 Å². The van der Waals surface area contributed by atoms with E-state index >= 15 is 0 Å². The Morgan fingerprint density at radius 1 is 1.56 bits per heavy atom. The van der Waals surface area contributed by atoms with Crippen LogP contribution in [0, 0.1) is 0 Å². The van der Waals surface area contributed by atoms with Crippen LogP contribution in [-0.2, 0) is 15.3 Å². The Hall–Kier alpha value is -0.550. The van der Waals surface area contributed by atoms with Crippen molar-refractivity contribution in [2.45, 2.75) is 38.5 Å². The first-order chi connectivity index (χ1) is 7.47. The second kappa shape index (κ2) is 6.25. The summed E-state index contributed by atoms with van der Waals surface area (Å²) in [6.45, 7) is 5.65. The van der Waals surface area contributed by atoms with E-state index in [4.69, 9.17) is 4.74 Å². The van der Waals surface area contributed by atoms with Crippen LogP contribution in [0.4, 0.5) is 0 Å². The molecule has 1 rings (SSSR count). The summed E-state index contributed by atoms with van der Waals surface area (Å²) < 4.78 is 5.21. The minimum absolute atomic E-state index is 0.126. The monoisotopic (exact) mass is 259 g/mol. The van der Waals surface area contributed by atoms with E-state index in [0.29, 0.717) is 6.42 Å². The van der Waals surface area contributed by atoms with Crippen molar-refractivity contribution in [2.75, 3.05) is 5.75 Å². The molecule has 0 N–H and O–H groups in total. The third kappa shape index (κ3) is 6.12. The Morgan fingerprint density at radius 2 is 2.31 bits per heavy atom. The Morgan fingerprint density at radius 3 is 2.88 bits per heavy atom. The van der Waals surface area contributed by atoms with E-state index in [2.05, 4.69) is 4.98 Å². The topological polar surface area (TPSA) is 39.2 Å². The number of esters is 1. The SMILES string of the molecule is CC(C)(C)OC(=O)CCSCc1nccs1. The zero-order chi connectivity index (χ0) is 12.0. The highest BCUT2D eigenvalue weighted by Crippen LogP contribution is 2.16. The molecule has 0 unspecified atom stereocenters. The molecule has 0 aliphatic rings. The van der Waals surface area contributed by atoms with Gasteiger partial charge in [-0.3, -0.25) is 4.79 Å². The molecule has 0 atom stereocenters. The highest BCUT2D eigenvalue weighted by atomic mass is 32.2. The molecule has 90 valence electrons. The van der Waals surface area contributed by atoms with Crippen molar-refractivity contribution >= 4 is 29.1 Å². The summed E-state index contributed by atoms with van der Waals surface area (Å²) in [6, 6.07) is 0. The van der Waals surface area contributed by atoms with Crippen LogP contribution in [0.5, 0.6) is 0 Å². The second-order valence-corrected chi connectivity index (χ2v) is 6.40. The molecule has 0 aromatic carbocycles. The molecule has 1 heterocycles. The van der Waals surface area contributed by atoms with Crippen LogP contribution in [0.3, 0.4) is 0 Å². The van der Waals surface area contributed by atoms with Crippen molar-refractivity contribution in [1.29, 1.82) is 0 Å². The van der Waals surface area contributed by atoms with Gasteiger partial charge in [-0.05, 0) is 20.8 Å². The molecule has 0 spiro atoms. The fourth-order valence-electron chi connectivity index (χ4n) is 1.03. The van der Waals surface area contributed by atoms with Crippen molar-refractivity contribution in [3.63, 3.8) is 0 Å². The molecular formula is C11H17NO2S2. The lowest BCUT2D eigenvalue weighted by molar-refractivity contribution is -0.154. The van der Waals surface area contributed by atoms with Gasteiger partial charge in [0, 0.05) is 23.1 Å². The van der Waals surface area contributed by atoms with Crippen molar-refractivity contribution in [2.24, 2.45) is 0 Å². The normalized spacial score (nSPS) is 11.4. The summed E-state index contributed by atoms with van der Waals surface area (Å²) in [5.41, 5.74) is -0.378. The lowest BCUT2D eigenvalue weighted by Crippen LogP contribution is -2.24. The lowest BCUT2D eigenvalue weighted by Gasteiger charge is -2.19. The number of hydrogen-bond acceptors (Lipinski definition) is 5. The summed E-state index contributed by atoms with van der Waals surface area (Å²) in [5.74, 6) is 1.54. The first-order valence-corrected chi connectivity index (χ1v) is 7.19. The number of thioether (sulfide) groups is 1. The molecule has 0 bridgehead atoms. The number of hydrogen-bond donors (Lipinski definition) is 0. The zero-order valence-corrected chi connectivity index (χ0v) is 11.5. The van der Waals surface area contributed by atoms with Crippen molar-refractivity contribution < 1.29 is 9.53 Å². The quantitative estimate of drug-likeness (QED) is 0.601. The summed E-state index contributed by atoms with van der Waals surface area (Å²) >= 11 is 3.36. The van der Waals surface area contributed by atoms with E-state index in [1.807, 2.05) is 26.2 Å². The van der Waals surface area contributed by atoms with Gasteiger partial charge in [-0.1, -0.05) is 0 Å². The Kier molecular flexibility index (Phi) is 5.28. The average molecular weight is 259 g/mol. The van der Waals surface area contributed by atoms with Gasteiger partial charge >= 0.3 is 5.97 Å². The highest BCUT2D eigenvalue weighted by Gasteiger charge is 2.15. The van der Waals surface area contributed by atoms with Crippen molar-refractivity contribution in [3.05, 3.63) is 16.6 Å². The van der Waals surface area contributed by atoms with E-state index in [1.165, 1.54) is 0 Å². The van der Waals surface area contributed by atoms with Crippen LogP contribution in [0.15, 0.2) is 11.6 Å². The summed E-state index contributed by atoms with van der Waals surface area (Å²) in [5, 5.41) is 3.07. The van der Waals surface area contributed by atoms with Crippen LogP contribution < -0.4 is 0 Å². The van der Waals surface area contributed by atoms with Gasteiger partial charge in [0.1, 0.15) is 10.6 Å². The maximum Gasteiger partial charge on any atom is 0.307 e. The molecule has 0 radical (unpaired) electrons. The minimum atomic E-state index is -0.378. The maximum atomic E-state index is 11.4. The summed E-state index contributed by atoms with van der Waals surface area (Å²) in [4.78, 5) is 15.5. The smallest absolute Gasteiger partial charge is 0.307 e. The third-order valence-electron chi connectivity index (χ3n) is 1.58. The average Bonchev–Trinajstić information content (AvgIpc) is 2.62. The first-order valence-electron chi connectivity index (χ1n) is 5.15. The molecule has 0 saturated heterocycles. The summed E-state index contributed by atoms with van der Waals surface area (Å²) in [7, 11) is 0. The van der Waals surface area contributed by atoms with Crippen LogP contribution in [0.2, 0.25) is 0 Å². The molecule has 0 aliphatic carbocycles. The molecule has 1 aromatic heterocycles. The number of nitrogens with zero attached hydrogens (tertiary/aromatic N) is 1. The van der Waals surface area contributed by atoms with Gasteiger partial charge in [0.2, 0.25) is 0 Å². The Bertz CT molecular complexity index is 317. The Balaban J connectivity index is 2.09. The Labute approximate surface area is 105 Å². The molecule has 3 nitrogen and oxygen atoms in total. The van der Waals surface area contributed by atoms with Crippen LogP contribution in [-0.4, -0.2) is 22.3 Å². The molecule has 5 heteroatoms. The lowest BCUT2D eigenvalue weighted by atomic mass is 10.2. The largest absolute Gasteiger partial charge is 0.460 e. The van der Waals surface area contributed by atoms with Gasteiger partial charge in [0.05, 0.1) is 6.42 Å². The van der Waals surface area contributed by atoms with Gasteiger partial charge in [-0.15, -0.1) is 11.3 Å². The standard InChI is InChI=1S/C11H17NO2S2/c1-11(2,3)14-10(13)4-6-15-8-9-12-5-7-16-9/h5,7H,4,6,8H2,1-3H3. The third-order valence-corrected chi connectivity index (χ3v) is 3.51. The fourth-order valence-corrected chi connectivity index (χ4v) is 2.66. The first kappa shape index (κ1) is 13.5. The number of carbonyl (C=O) groups excluding carboxylic acids is 1. The van der Waals surface area contributed by atoms with E-state index in [9.17, 15) is 4.79 Å². The van der Waals surface area contributed by atoms with Crippen LogP contribution in [0.1, 0.15) is 32.2 Å². The van der Waals surface area contributed by atoms with E-state index in [0.717, 1.165) is 16.5 Å². The predicted molar refractivity (Wildman–Crippen MR) is 68.7 cm³/mol. The number of rotatable bonds is 5. The maximum absolute atomic E-state index is 11.4. The number of aromatic nitrogens is 1. The van der Waals surface area contributed by atoms with Crippen molar-refractivity contribution in [3.8, 4) is 0 Å². The molecule has 0 saturated carbocycles. The fraction of sp³-hybridized carbons (Fsp3) is 0.636.